The van der Waals surface area contributed by atoms with E-state index in [1.807, 2.05) is 34.6 Å². The predicted octanol–water partition coefficient (Wildman–Crippen LogP) is 3.27. The Morgan fingerprint density at radius 1 is 1.14 bits per heavy atom. The molecule has 0 aromatic carbocycles. The summed E-state index contributed by atoms with van der Waals surface area (Å²) in [4.78, 5) is 11.1. The van der Waals surface area contributed by atoms with Crippen LogP contribution in [0.3, 0.4) is 0 Å². The highest BCUT2D eigenvalue weighted by Gasteiger charge is 2.17. The van der Waals surface area contributed by atoms with Crippen molar-refractivity contribution in [1.29, 1.82) is 0 Å². The molecule has 0 N–H and O–H groups in total. The highest BCUT2D eigenvalue weighted by molar-refractivity contribution is 5.12. The van der Waals surface area contributed by atoms with Crippen LogP contribution in [0, 0.1) is 6.92 Å². The van der Waals surface area contributed by atoms with Gasteiger partial charge in [-0.2, -0.15) is 0 Å². The van der Waals surface area contributed by atoms with Gasteiger partial charge in [0.05, 0.1) is 0 Å². The number of rotatable bonds is 0. The lowest BCUT2D eigenvalue weighted by Crippen LogP contribution is -2.14. The molecule has 2 heteroatoms. The predicted molar refractivity (Wildman–Crippen MR) is 59.8 cm³/mol. The Balaban J connectivity index is 0.000000791. The molecule has 0 radical (unpaired) electrons. The summed E-state index contributed by atoms with van der Waals surface area (Å²) in [5.41, 5.74) is -0.0748. The molecule has 1 aromatic rings. The monoisotopic (exact) mass is 196 g/mol. The van der Waals surface area contributed by atoms with Crippen LogP contribution in [0.5, 0.6) is 0 Å². The van der Waals surface area contributed by atoms with Gasteiger partial charge in [-0.15, -0.1) is 0 Å². The van der Waals surface area contributed by atoms with Gasteiger partial charge in [-0.3, -0.25) is 4.79 Å². The Kier molecular flexibility index (Phi) is 4.61. The summed E-state index contributed by atoms with van der Waals surface area (Å²) in [5, 5.41) is 0. The lowest BCUT2D eigenvalue weighted by atomic mass is 9.93. The molecule has 2 nitrogen and oxygen atoms in total. The minimum atomic E-state index is -0.0921. The lowest BCUT2D eigenvalue weighted by molar-refractivity contribution is 0.380. The summed E-state index contributed by atoms with van der Waals surface area (Å²) >= 11 is 0. The van der Waals surface area contributed by atoms with Crippen molar-refractivity contribution in [3.63, 3.8) is 0 Å². The van der Waals surface area contributed by atoms with Crippen LogP contribution in [0.1, 0.15) is 46.1 Å². The van der Waals surface area contributed by atoms with E-state index >= 15 is 0 Å². The van der Waals surface area contributed by atoms with Crippen molar-refractivity contribution in [2.24, 2.45) is 0 Å². The van der Waals surface area contributed by atoms with Crippen molar-refractivity contribution in [3.05, 3.63) is 33.9 Å². The molecule has 0 aliphatic rings. The first-order valence-corrected chi connectivity index (χ1v) is 5.02. The van der Waals surface area contributed by atoms with E-state index in [2.05, 4.69) is 0 Å². The summed E-state index contributed by atoms with van der Waals surface area (Å²) in [6.07, 6.45) is 0. The fraction of sp³-hybridized carbons (Fsp3) is 0.583. The van der Waals surface area contributed by atoms with Crippen molar-refractivity contribution in [3.8, 4) is 0 Å². The Labute approximate surface area is 86.0 Å². The largest absolute Gasteiger partial charge is 0.466 e. The molecule has 80 valence electrons. The van der Waals surface area contributed by atoms with Crippen LogP contribution in [0.4, 0.5) is 0 Å². The van der Waals surface area contributed by atoms with E-state index in [9.17, 15) is 4.79 Å². The first-order chi connectivity index (χ1) is 6.39. The van der Waals surface area contributed by atoms with Crippen molar-refractivity contribution < 1.29 is 4.42 Å². The van der Waals surface area contributed by atoms with Gasteiger partial charge in [0.15, 0.2) is 5.43 Å². The first-order valence-electron chi connectivity index (χ1n) is 5.02. The van der Waals surface area contributed by atoms with E-state index in [1.54, 1.807) is 13.0 Å². The molecular weight excluding hydrogens is 176 g/mol. The number of aryl methyl sites for hydroxylation is 1. The molecule has 1 heterocycles. The van der Waals surface area contributed by atoms with Crippen LogP contribution in [-0.4, -0.2) is 0 Å². The SMILES string of the molecule is CC.Cc1cc(=O)cc(C(C)(C)C)o1. The van der Waals surface area contributed by atoms with Gasteiger partial charge in [0.2, 0.25) is 0 Å². The molecule has 1 aromatic heterocycles. The quantitative estimate of drug-likeness (QED) is 0.637. The molecule has 0 aliphatic heterocycles. The maximum absolute atomic E-state index is 11.1. The zero-order valence-electron chi connectivity index (χ0n) is 9.97. The van der Waals surface area contributed by atoms with E-state index in [0.29, 0.717) is 5.76 Å². The van der Waals surface area contributed by atoms with Gasteiger partial charge in [0, 0.05) is 17.5 Å². The third-order valence-corrected chi connectivity index (χ3v) is 1.63. The molecule has 1 rings (SSSR count). The van der Waals surface area contributed by atoms with Gasteiger partial charge in [-0.1, -0.05) is 34.6 Å². The number of hydrogen-bond acceptors (Lipinski definition) is 2. The van der Waals surface area contributed by atoms with Crippen molar-refractivity contribution in [2.75, 3.05) is 0 Å². The first kappa shape index (κ1) is 12.9. The summed E-state index contributed by atoms with van der Waals surface area (Å²) in [7, 11) is 0. The molecule has 0 aliphatic carbocycles. The lowest BCUT2D eigenvalue weighted by Gasteiger charge is -2.16. The molecule has 0 saturated heterocycles. The van der Waals surface area contributed by atoms with Crippen molar-refractivity contribution in [1.82, 2.24) is 0 Å². The molecule has 0 fully saturated rings. The second-order valence-electron chi connectivity index (χ2n) is 4.02. The average molecular weight is 196 g/mol. The van der Waals surface area contributed by atoms with Crippen molar-refractivity contribution >= 4 is 0 Å². The summed E-state index contributed by atoms with van der Waals surface area (Å²) in [6.45, 7) is 11.8. The Hall–Kier alpha value is -1.05. The maximum Gasteiger partial charge on any atom is 0.185 e. The van der Waals surface area contributed by atoms with Crippen LogP contribution in [-0.2, 0) is 5.41 Å². The molecular formula is C12H20O2. The second-order valence-corrected chi connectivity index (χ2v) is 4.02. The normalized spacial score (nSPS) is 10.4. The number of hydrogen-bond donors (Lipinski definition) is 0. The van der Waals surface area contributed by atoms with Gasteiger partial charge in [0.1, 0.15) is 11.5 Å². The average Bonchev–Trinajstić information content (AvgIpc) is 2.04. The van der Waals surface area contributed by atoms with Crippen LogP contribution in [0.25, 0.3) is 0 Å². The Morgan fingerprint density at radius 2 is 1.64 bits per heavy atom. The van der Waals surface area contributed by atoms with E-state index in [4.69, 9.17) is 4.42 Å². The minimum absolute atomic E-state index is 0.0173. The van der Waals surface area contributed by atoms with Crippen LogP contribution < -0.4 is 5.43 Å². The molecule has 0 bridgehead atoms. The fourth-order valence-corrected chi connectivity index (χ4v) is 0.973. The third kappa shape index (κ3) is 3.77. The topological polar surface area (TPSA) is 30.2 Å². The summed E-state index contributed by atoms with van der Waals surface area (Å²) in [5.74, 6) is 1.42. The minimum Gasteiger partial charge on any atom is -0.466 e. The smallest absolute Gasteiger partial charge is 0.185 e. The fourth-order valence-electron chi connectivity index (χ4n) is 0.973. The van der Waals surface area contributed by atoms with E-state index in [-0.39, 0.29) is 10.8 Å². The zero-order valence-corrected chi connectivity index (χ0v) is 9.97. The highest BCUT2D eigenvalue weighted by atomic mass is 16.3. The Morgan fingerprint density at radius 3 is 2.00 bits per heavy atom. The van der Waals surface area contributed by atoms with Crippen LogP contribution in [0.15, 0.2) is 21.3 Å². The van der Waals surface area contributed by atoms with Crippen molar-refractivity contribution in [2.45, 2.75) is 47.0 Å². The second kappa shape index (κ2) is 4.99. The van der Waals surface area contributed by atoms with E-state index in [0.717, 1.165) is 5.76 Å². The molecule has 0 amide bonds. The van der Waals surface area contributed by atoms with Gasteiger partial charge >= 0.3 is 0 Å². The molecule has 0 unspecified atom stereocenters. The third-order valence-electron chi connectivity index (χ3n) is 1.63. The van der Waals surface area contributed by atoms with E-state index < -0.39 is 0 Å². The molecule has 0 atom stereocenters. The Bertz CT molecular complexity index is 329. The maximum atomic E-state index is 11.1. The molecule has 0 spiro atoms. The van der Waals surface area contributed by atoms with E-state index in [1.165, 1.54) is 6.07 Å². The summed E-state index contributed by atoms with van der Waals surface area (Å²) < 4.78 is 5.42. The molecule has 14 heavy (non-hydrogen) atoms. The van der Waals surface area contributed by atoms with Gasteiger partial charge < -0.3 is 4.42 Å². The van der Waals surface area contributed by atoms with Gasteiger partial charge in [-0.25, -0.2) is 0 Å². The standard InChI is InChI=1S/C10H14O2.C2H6/c1-7-5-8(11)6-9(12-7)10(2,3)4;1-2/h5-6H,1-4H3;1-2H3. The highest BCUT2D eigenvalue weighted by Crippen LogP contribution is 2.20. The summed E-state index contributed by atoms with van der Waals surface area (Å²) in [6, 6.07) is 3.04. The molecule has 0 saturated carbocycles. The van der Waals surface area contributed by atoms with Crippen LogP contribution in [0.2, 0.25) is 0 Å². The van der Waals surface area contributed by atoms with Gasteiger partial charge in [0.25, 0.3) is 0 Å². The van der Waals surface area contributed by atoms with Gasteiger partial charge in [-0.05, 0) is 6.92 Å². The zero-order chi connectivity index (χ0) is 11.4. The van der Waals surface area contributed by atoms with Crippen LogP contribution >= 0.6 is 0 Å².